The predicted octanol–water partition coefficient (Wildman–Crippen LogP) is 2.97. The van der Waals surface area contributed by atoms with Crippen molar-refractivity contribution in [2.75, 3.05) is 0 Å². The molecule has 1 saturated heterocycles. The summed E-state index contributed by atoms with van der Waals surface area (Å²) >= 11 is 1.53. The van der Waals surface area contributed by atoms with Crippen molar-refractivity contribution in [3.8, 4) is 0 Å². The number of nitrogens with zero attached hydrogens (tertiary/aromatic N) is 2. The van der Waals surface area contributed by atoms with Gasteiger partial charge in [0.15, 0.2) is 0 Å². The van der Waals surface area contributed by atoms with Crippen molar-refractivity contribution >= 4 is 29.5 Å². The Morgan fingerprint density at radius 3 is 2.36 bits per heavy atom. The summed E-state index contributed by atoms with van der Waals surface area (Å²) in [6, 6.07) is 4.51. The van der Waals surface area contributed by atoms with Crippen LogP contribution in [0.25, 0.3) is 0 Å². The molecule has 25 heavy (non-hydrogen) atoms. The molecule has 1 aromatic heterocycles. The molecule has 1 aliphatic rings. The van der Waals surface area contributed by atoms with Crippen molar-refractivity contribution in [3.63, 3.8) is 0 Å². The maximum Gasteiger partial charge on any atom is 0.326 e. The number of aromatic nitrogens is 1. The van der Waals surface area contributed by atoms with Crippen molar-refractivity contribution in [1.29, 1.82) is 0 Å². The van der Waals surface area contributed by atoms with Crippen molar-refractivity contribution in [2.24, 2.45) is 5.92 Å². The third-order valence-corrected chi connectivity index (χ3v) is 5.99. The predicted molar refractivity (Wildman–Crippen MR) is 95.1 cm³/mol. The lowest BCUT2D eigenvalue weighted by atomic mass is 9.94. The first-order valence-corrected chi connectivity index (χ1v) is 9.51. The van der Waals surface area contributed by atoms with Gasteiger partial charge in [-0.05, 0) is 24.5 Å². The number of carboxylic acids is 1. The summed E-state index contributed by atoms with van der Waals surface area (Å²) in [5, 5.41) is 10.4. The third-order valence-electron chi connectivity index (χ3n) is 4.63. The third kappa shape index (κ3) is 4.81. The van der Waals surface area contributed by atoms with Crippen LogP contribution in [0.5, 0.6) is 0 Å². The first kappa shape index (κ1) is 19.4. The fourth-order valence-electron chi connectivity index (χ4n) is 3.20. The second kappa shape index (κ2) is 8.99. The number of hydrogen-bond acceptors (Lipinski definition) is 5. The van der Waals surface area contributed by atoms with Gasteiger partial charge in [-0.3, -0.25) is 14.5 Å². The van der Waals surface area contributed by atoms with E-state index in [-0.39, 0.29) is 42.2 Å². The van der Waals surface area contributed by atoms with Gasteiger partial charge in [0.2, 0.25) is 11.8 Å². The number of thioether (sulfide) groups is 1. The van der Waals surface area contributed by atoms with Crippen molar-refractivity contribution in [1.82, 2.24) is 9.88 Å². The lowest BCUT2D eigenvalue weighted by molar-refractivity contribution is -0.154. The van der Waals surface area contributed by atoms with Crippen LogP contribution in [0.15, 0.2) is 29.4 Å². The number of carbonyl (C=O) groups is 3. The van der Waals surface area contributed by atoms with E-state index in [9.17, 15) is 19.5 Å². The molecule has 2 atom stereocenters. The molecule has 0 radical (unpaired) electrons. The molecule has 6 nitrogen and oxygen atoms in total. The summed E-state index contributed by atoms with van der Waals surface area (Å²) in [7, 11) is 0. The second-order valence-corrected chi connectivity index (χ2v) is 7.41. The summed E-state index contributed by atoms with van der Waals surface area (Å²) < 4.78 is 0. The van der Waals surface area contributed by atoms with E-state index in [1.807, 2.05) is 18.2 Å². The number of carboxylic acid groups (broad SMARTS) is 1. The Bertz CT molecular complexity index is 603. The molecule has 2 unspecified atom stereocenters. The van der Waals surface area contributed by atoms with Gasteiger partial charge in [0.25, 0.3) is 0 Å². The van der Waals surface area contributed by atoms with Crippen LogP contribution >= 0.6 is 11.8 Å². The van der Waals surface area contributed by atoms with E-state index in [2.05, 4.69) is 18.8 Å². The molecular formula is C18H24N2O4S. The van der Waals surface area contributed by atoms with E-state index in [4.69, 9.17) is 0 Å². The monoisotopic (exact) mass is 364 g/mol. The molecule has 0 saturated carbocycles. The summed E-state index contributed by atoms with van der Waals surface area (Å²) in [6.45, 7) is 4.14. The lowest BCUT2D eigenvalue weighted by Crippen LogP contribution is -2.46. The van der Waals surface area contributed by atoms with Crippen LogP contribution in [0.2, 0.25) is 0 Å². The number of aliphatic carboxylic acids is 1. The number of hydrogen-bond donors (Lipinski definition) is 1. The number of rotatable bonds is 9. The van der Waals surface area contributed by atoms with Gasteiger partial charge in [0.1, 0.15) is 6.04 Å². The highest BCUT2D eigenvalue weighted by Gasteiger charge is 2.41. The molecule has 2 heterocycles. The van der Waals surface area contributed by atoms with Crippen LogP contribution in [0, 0.1) is 5.92 Å². The van der Waals surface area contributed by atoms with Crippen LogP contribution in [-0.2, 0) is 14.4 Å². The van der Waals surface area contributed by atoms with Crippen LogP contribution in [-0.4, -0.2) is 44.1 Å². The minimum atomic E-state index is -1.12. The summed E-state index contributed by atoms with van der Waals surface area (Å²) in [5.74, 6) is -1.62. The highest BCUT2D eigenvalue weighted by Crippen LogP contribution is 2.35. The number of likely N-dealkylation sites (tertiary alicyclic amines) is 1. The fourth-order valence-corrected chi connectivity index (χ4v) is 4.65. The van der Waals surface area contributed by atoms with E-state index < -0.39 is 12.0 Å². The van der Waals surface area contributed by atoms with Gasteiger partial charge < -0.3 is 5.11 Å². The quantitative estimate of drug-likeness (QED) is 0.535. The average molecular weight is 364 g/mol. The number of pyridine rings is 1. The number of carbonyl (C=O) groups excluding carboxylic acids is 2. The van der Waals surface area contributed by atoms with Gasteiger partial charge >= 0.3 is 5.97 Å². The first-order valence-electron chi connectivity index (χ1n) is 8.63. The average Bonchev–Trinajstić information content (AvgIpc) is 2.93. The molecule has 0 aromatic carbocycles. The maximum atomic E-state index is 12.0. The topological polar surface area (TPSA) is 87.6 Å². The van der Waals surface area contributed by atoms with Crippen molar-refractivity contribution < 1.29 is 19.5 Å². The standard InChI is InChI=1S/C18H24N2O4S/c1-3-12(4-2)14(25-15-7-5-6-10-19-15)11-13(18(23)24)20-16(21)8-9-17(20)22/h5-7,10,12-14H,3-4,8-9,11H2,1-2H3,(H,23,24). The molecule has 0 spiro atoms. The van der Waals surface area contributed by atoms with Crippen LogP contribution in [0.3, 0.4) is 0 Å². The zero-order valence-corrected chi connectivity index (χ0v) is 15.4. The van der Waals surface area contributed by atoms with Gasteiger partial charge in [0, 0.05) is 24.3 Å². The highest BCUT2D eigenvalue weighted by molar-refractivity contribution is 7.99. The van der Waals surface area contributed by atoms with Crippen molar-refractivity contribution in [3.05, 3.63) is 24.4 Å². The normalized spacial score (nSPS) is 17.2. The Hall–Kier alpha value is -1.89. The number of imide groups is 1. The highest BCUT2D eigenvalue weighted by atomic mass is 32.2. The zero-order valence-electron chi connectivity index (χ0n) is 14.6. The second-order valence-electron chi connectivity index (χ2n) is 6.15. The zero-order chi connectivity index (χ0) is 18.4. The van der Waals surface area contributed by atoms with E-state index in [0.717, 1.165) is 22.8 Å². The molecule has 2 rings (SSSR count). The maximum absolute atomic E-state index is 12.0. The molecule has 0 bridgehead atoms. The fraction of sp³-hybridized carbons (Fsp3) is 0.556. The Kier molecular flexibility index (Phi) is 6.99. The SMILES string of the molecule is CCC(CC)C(CC(C(=O)O)N1C(=O)CCC1=O)Sc1ccccn1. The van der Waals surface area contributed by atoms with Crippen molar-refractivity contribution in [2.45, 2.75) is 62.3 Å². The molecule has 1 aliphatic heterocycles. The van der Waals surface area contributed by atoms with E-state index >= 15 is 0 Å². The Morgan fingerprint density at radius 1 is 1.24 bits per heavy atom. The Morgan fingerprint density at radius 2 is 1.88 bits per heavy atom. The smallest absolute Gasteiger partial charge is 0.326 e. The van der Waals surface area contributed by atoms with E-state index in [0.29, 0.717) is 0 Å². The van der Waals surface area contributed by atoms with Crippen LogP contribution in [0.4, 0.5) is 0 Å². The molecule has 0 aliphatic carbocycles. The van der Waals surface area contributed by atoms with Gasteiger partial charge in [0.05, 0.1) is 5.03 Å². The van der Waals surface area contributed by atoms with E-state index in [1.165, 1.54) is 11.8 Å². The van der Waals surface area contributed by atoms with Gasteiger partial charge in [-0.2, -0.15) is 0 Å². The number of amides is 2. The van der Waals surface area contributed by atoms with Gasteiger partial charge in [-0.15, -0.1) is 11.8 Å². The first-order chi connectivity index (χ1) is 12.0. The van der Waals surface area contributed by atoms with Gasteiger partial charge in [-0.25, -0.2) is 9.78 Å². The minimum absolute atomic E-state index is 0.0350. The molecule has 1 N–H and O–H groups in total. The van der Waals surface area contributed by atoms with E-state index in [1.54, 1.807) is 6.20 Å². The van der Waals surface area contributed by atoms with Crippen LogP contribution in [0.1, 0.15) is 46.0 Å². The largest absolute Gasteiger partial charge is 0.480 e. The summed E-state index contributed by atoms with van der Waals surface area (Å²) in [4.78, 5) is 41.1. The minimum Gasteiger partial charge on any atom is -0.480 e. The lowest BCUT2D eigenvalue weighted by Gasteiger charge is -2.30. The molecule has 2 amide bonds. The molecule has 136 valence electrons. The van der Waals surface area contributed by atoms with Gasteiger partial charge in [-0.1, -0.05) is 32.8 Å². The molecular weight excluding hydrogens is 340 g/mol. The van der Waals surface area contributed by atoms with Crippen LogP contribution < -0.4 is 0 Å². The Balaban J connectivity index is 2.24. The summed E-state index contributed by atoms with van der Waals surface area (Å²) in [6.07, 6.45) is 3.94. The molecule has 7 heteroatoms. The Labute approximate surface area is 152 Å². The molecule has 1 fully saturated rings. The summed E-state index contributed by atoms with van der Waals surface area (Å²) in [5.41, 5.74) is 0. The molecule has 1 aromatic rings.